The van der Waals surface area contributed by atoms with Crippen LogP contribution in [0.4, 0.5) is 0 Å². The Bertz CT molecular complexity index is 216. The van der Waals surface area contributed by atoms with E-state index in [1.54, 1.807) is 6.21 Å². The molecule has 1 atom stereocenters. The van der Waals surface area contributed by atoms with Crippen LogP contribution in [0.25, 0.3) is 0 Å². The van der Waals surface area contributed by atoms with Gasteiger partial charge < -0.3 is 0 Å². The molecule has 2 aliphatic heterocycles. The Morgan fingerprint density at radius 2 is 2.50 bits per heavy atom. The SMILES string of the molecule is C1=CC2=NNNC2NN=C1. The van der Waals surface area contributed by atoms with Crippen molar-refractivity contribution in [2.75, 3.05) is 0 Å². The van der Waals surface area contributed by atoms with E-state index in [-0.39, 0.29) is 6.17 Å². The van der Waals surface area contributed by atoms with Crippen LogP contribution in [-0.2, 0) is 0 Å². The summed E-state index contributed by atoms with van der Waals surface area (Å²) in [5, 5.41) is 7.81. The van der Waals surface area contributed by atoms with Crippen LogP contribution in [0.3, 0.4) is 0 Å². The summed E-state index contributed by atoms with van der Waals surface area (Å²) in [5.41, 5.74) is 9.27. The third-order valence-corrected chi connectivity index (χ3v) is 1.32. The number of hydrazone groups is 2. The predicted molar refractivity (Wildman–Crippen MR) is 38.3 cm³/mol. The van der Waals surface area contributed by atoms with E-state index >= 15 is 0 Å². The highest BCUT2D eigenvalue weighted by Crippen LogP contribution is 1.94. The van der Waals surface area contributed by atoms with Gasteiger partial charge in [0.1, 0.15) is 5.71 Å². The fraction of sp³-hybridized carbons (Fsp3) is 0.200. The normalized spacial score (nSPS) is 28.0. The van der Waals surface area contributed by atoms with Crippen molar-refractivity contribution in [3.05, 3.63) is 12.2 Å². The monoisotopic (exact) mass is 137 g/mol. The third-order valence-electron chi connectivity index (χ3n) is 1.32. The lowest BCUT2D eigenvalue weighted by atomic mass is 10.3. The minimum atomic E-state index is 0.00926. The predicted octanol–water partition coefficient (Wildman–Crippen LogP) is -1.08. The summed E-state index contributed by atoms with van der Waals surface area (Å²) in [6.45, 7) is 0. The first-order valence-electron chi connectivity index (χ1n) is 3.00. The van der Waals surface area contributed by atoms with Crippen molar-refractivity contribution in [2.24, 2.45) is 10.2 Å². The molecule has 5 heteroatoms. The first kappa shape index (κ1) is 5.43. The molecule has 2 rings (SSSR count). The van der Waals surface area contributed by atoms with Gasteiger partial charge in [-0.15, -0.1) is 0 Å². The molecule has 52 valence electrons. The molecule has 2 aliphatic rings. The first-order chi connectivity index (χ1) is 4.97. The molecule has 0 bridgehead atoms. The summed E-state index contributed by atoms with van der Waals surface area (Å²) >= 11 is 0. The van der Waals surface area contributed by atoms with Gasteiger partial charge in [-0.05, 0) is 12.2 Å². The van der Waals surface area contributed by atoms with Crippen molar-refractivity contribution in [1.82, 2.24) is 16.4 Å². The molecule has 0 aromatic carbocycles. The highest BCUT2D eigenvalue weighted by molar-refractivity contribution is 6.02. The van der Waals surface area contributed by atoms with Crippen LogP contribution in [-0.4, -0.2) is 18.1 Å². The van der Waals surface area contributed by atoms with E-state index in [0.717, 1.165) is 5.71 Å². The van der Waals surface area contributed by atoms with Gasteiger partial charge in [-0.1, -0.05) is 0 Å². The highest BCUT2D eigenvalue weighted by Gasteiger charge is 2.17. The third kappa shape index (κ3) is 0.763. The van der Waals surface area contributed by atoms with Gasteiger partial charge in [0, 0.05) is 6.21 Å². The van der Waals surface area contributed by atoms with Gasteiger partial charge in [0.2, 0.25) is 0 Å². The number of allylic oxidation sites excluding steroid dienone is 1. The smallest absolute Gasteiger partial charge is 0.156 e. The minimum Gasteiger partial charge on any atom is -0.285 e. The molecule has 0 radical (unpaired) electrons. The van der Waals surface area contributed by atoms with Crippen LogP contribution >= 0.6 is 0 Å². The maximum Gasteiger partial charge on any atom is 0.156 e. The van der Waals surface area contributed by atoms with Crippen LogP contribution in [0, 0.1) is 0 Å². The van der Waals surface area contributed by atoms with E-state index in [9.17, 15) is 0 Å². The Kier molecular flexibility index (Phi) is 1.14. The number of fused-ring (bicyclic) bond motifs is 1. The molecule has 3 N–H and O–H groups in total. The van der Waals surface area contributed by atoms with Crippen LogP contribution in [0.1, 0.15) is 0 Å². The lowest BCUT2D eigenvalue weighted by molar-refractivity contribution is 0.501. The summed E-state index contributed by atoms with van der Waals surface area (Å²) in [5.74, 6) is 0. The zero-order chi connectivity index (χ0) is 6.81. The Hall–Kier alpha value is -1.36. The van der Waals surface area contributed by atoms with Gasteiger partial charge in [0.25, 0.3) is 0 Å². The number of rotatable bonds is 0. The Morgan fingerprint density at radius 3 is 3.50 bits per heavy atom. The fourth-order valence-electron chi connectivity index (χ4n) is 0.834. The Morgan fingerprint density at radius 1 is 1.50 bits per heavy atom. The minimum absolute atomic E-state index is 0.00926. The van der Waals surface area contributed by atoms with Gasteiger partial charge in [-0.3, -0.25) is 5.43 Å². The molecule has 0 amide bonds. The Balaban J connectivity index is 2.25. The van der Waals surface area contributed by atoms with Crippen molar-refractivity contribution in [3.63, 3.8) is 0 Å². The molecule has 2 heterocycles. The molecule has 1 unspecified atom stereocenters. The lowest BCUT2D eigenvalue weighted by Crippen LogP contribution is -2.43. The molecule has 0 aromatic heterocycles. The molecule has 10 heavy (non-hydrogen) atoms. The van der Waals surface area contributed by atoms with Crippen molar-refractivity contribution in [1.29, 1.82) is 0 Å². The van der Waals surface area contributed by atoms with Crippen molar-refractivity contribution >= 4 is 11.9 Å². The summed E-state index contributed by atoms with van der Waals surface area (Å²) in [6.07, 6.45) is 5.42. The molecular formula is C5H7N5. The average Bonchev–Trinajstić information content (AvgIpc) is 2.28. The first-order valence-corrected chi connectivity index (χ1v) is 3.00. The Labute approximate surface area is 57.8 Å². The maximum atomic E-state index is 3.94. The van der Waals surface area contributed by atoms with E-state index in [1.165, 1.54) is 0 Å². The quantitative estimate of drug-likeness (QED) is 0.398. The van der Waals surface area contributed by atoms with E-state index in [2.05, 4.69) is 26.6 Å². The summed E-state index contributed by atoms with van der Waals surface area (Å²) < 4.78 is 0. The molecule has 0 spiro atoms. The second kappa shape index (κ2) is 2.11. The molecule has 5 nitrogen and oxygen atoms in total. The highest BCUT2D eigenvalue weighted by atomic mass is 15.6. The standard InChI is InChI=1S/C5H7N5/c1-2-4-5(8-6-3-1)9-10-7-4/h1-3,5,8-10H. The molecule has 0 fully saturated rings. The summed E-state index contributed by atoms with van der Waals surface area (Å²) in [6, 6.07) is 0. The topological polar surface area (TPSA) is 60.8 Å². The van der Waals surface area contributed by atoms with E-state index in [1.807, 2.05) is 12.2 Å². The van der Waals surface area contributed by atoms with Crippen LogP contribution in [0.2, 0.25) is 0 Å². The summed E-state index contributed by atoms with van der Waals surface area (Å²) in [4.78, 5) is 0. The molecule has 0 aliphatic carbocycles. The largest absolute Gasteiger partial charge is 0.285 e. The van der Waals surface area contributed by atoms with Crippen LogP contribution in [0.15, 0.2) is 22.4 Å². The molecule has 0 aromatic rings. The number of hydrogen-bond donors (Lipinski definition) is 3. The van der Waals surface area contributed by atoms with E-state index in [4.69, 9.17) is 0 Å². The number of nitrogens with one attached hydrogen (secondary N) is 3. The second-order valence-corrected chi connectivity index (χ2v) is 1.99. The van der Waals surface area contributed by atoms with Gasteiger partial charge >= 0.3 is 0 Å². The van der Waals surface area contributed by atoms with Crippen LogP contribution < -0.4 is 16.4 Å². The average molecular weight is 137 g/mol. The molecular weight excluding hydrogens is 130 g/mol. The van der Waals surface area contributed by atoms with Gasteiger partial charge in [0.05, 0.1) is 0 Å². The second-order valence-electron chi connectivity index (χ2n) is 1.99. The van der Waals surface area contributed by atoms with E-state index in [0.29, 0.717) is 0 Å². The van der Waals surface area contributed by atoms with Crippen LogP contribution in [0.5, 0.6) is 0 Å². The van der Waals surface area contributed by atoms with Gasteiger partial charge in [-0.2, -0.15) is 15.6 Å². The van der Waals surface area contributed by atoms with Crippen molar-refractivity contribution in [2.45, 2.75) is 6.17 Å². The number of hydrogen-bond acceptors (Lipinski definition) is 5. The fourth-order valence-corrected chi connectivity index (χ4v) is 0.834. The number of hydrazine groups is 1. The number of nitrogens with zero attached hydrogens (tertiary/aromatic N) is 2. The zero-order valence-corrected chi connectivity index (χ0v) is 5.20. The van der Waals surface area contributed by atoms with Crippen molar-refractivity contribution < 1.29 is 0 Å². The van der Waals surface area contributed by atoms with Gasteiger partial charge in [0.15, 0.2) is 6.17 Å². The van der Waals surface area contributed by atoms with E-state index < -0.39 is 0 Å². The maximum absolute atomic E-state index is 3.94. The summed E-state index contributed by atoms with van der Waals surface area (Å²) in [7, 11) is 0. The van der Waals surface area contributed by atoms with Crippen molar-refractivity contribution in [3.8, 4) is 0 Å². The zero-order valence-electron chi connectivity index (χ0n) is 5.20. The lowest BCUT2D eigenvalue weighted by Gasteiger charge is -2.06. The van der Waals surface area contributed by atoms with Gasteiger partial charge in [-0.25, -0.2) is 5.53 Å². The molecule has 0 saturated heterocycles. The molecule has 0 saturated carbocycles.